The zero-order chi connectivity index (χ0) is 39.3. The number of likely N-dealkylation sites (tertiary alicyclic amines) is 1. The number of hydrogen-bond acceptors (Lipinski definition) is 11. The molecule has 7 atom stereocenters. The van der Waals surface area contributed by atoms with E-state index >= 15 is 0 Å². The quantitative estimate of drug-likeness (QED) is 0.0693. The minimum absolute atomic E-state index is 0.0798. The number of aliphatic carboxylic acids is 2. The summed E-state index contributed by atoms with van der Waals surface area (Å²) in [6, 6.07) is -2.83. The van der Waals surface area contributed by atoms with Gasteiger partial charge in [-0.1, -0.05) is 26.0 Å². The van der Waals surface area contributed by atoms with Crippen molar-refractivity contribution in [3.05, 3.63) is 29.8 Å². The number of nitrogens with two attached hydrogens (primary N) is 1. The smallest absolute Gasteiger partial charge is 0.326 e. The molecular weight excluding hydrogens is 686 g/mol. The molecule has 2 rings (SSSR count). The van der Waals surface area contributed by atoms with E-state index < -0.39 is 103 Å². The maximum absolute atomic E-state index is 13.6. The Balaban J connectivity index is 2.27. The van der Waals surface area contributed by atoms with Crippen molar-refractivity contribution in [2.75, 3.05) is 13.1 Å². The van der Waals surface area contributed by atoms with Gasteiger partial charge in [0.1, 0.15) is 42.0 Å². The highest BCUT2D eigenvalue weighted by molar-refractivity contribution is 5.98. The molecule has 1 aliphatic rings. The van der Waals surface area contributed by atoms with Crippen molar-refractivity contribution in [3.63, 3.8) is 0 Å². The van der Waals surface area contributed by atoms with Gasteiger partial charge >= 0.3 is 11.9 Å². The van der Waals surface area contributed by atoms with Crippen LogP contribution in [0.3, 0.4) is 0 Å². The number of rotatable bonds is 19. The van der Waals surface area contributed by atoms with Crippen LogP contribution >= 0.6 is 0 Å². The van der Waals surface area contributed by atoms with Gasteiger partial charge in [0.05, 0.1) is 19.1 Å². The Bertz CT molecular complexity index is 1470. The number of carboxylic acid groups (broad SMARTS) is 2. The van der Waals surface area contributed by atoms with E-state index in [4.69, 9.17) is 5.73 Å². The van der Waals surface area contributed by atoms with Gasteiger partial charge in [0.25, 0.3) is 0 Å². The predicted octanol–water partition coefficient (Wildman–Crippen LogP) is -2.69. The molecule has 0 aliphatic carbocycles. The number of aliphatic hydroxyl groups is 1. The number of nitrogens with zero attached hydrogens (tertiary/aromatic N) is 1. The van der Waals surface area contributed by atoms with Crippen LogP contribution in [0.25, 0.3) is 0 Å². The van der Waals surface area contributed by atoms with Gasteiger partial charge in [0.2, 0.25) is 35.4 Å². The first kappa shape index (κ1) is 42.9. The Kier molecular flexibility index (Phi) is 16.4. The highest BCUT2D eigenvalue weighted by atomic mass is 16.4. The average Bonchev–Trinajstić information content (AvgIpc) is 3.57. The van der Waals surface area contributed by atoms with E-state index in [0.29, 0.717) is 12.0 Å². The molecule has 1 aliphatic heterocycles. The van der Waals surface area contributed by atoms with Gasteiger partial charge < -0.3 is 57.6 Å². The SMILES string of the molecule is CC(C)C[C@@H](NC(=O)CN)C(=O)N[C@H](CC(=O)O)C(=O)N[C@H](C)C(=O)N[C@H](Cc1ccc(O)cc1)C(=O)N[C@@H](C(=O)N1CCC[C@@H]1C(=O)O)[C@H](C)O. The van der Waals surface area contributed by atoms with E-state index in [1.54, 1.807) is 13.8 Å². The topological polar surface area (TPSA) is 307 Å². The van der Waals surface area contributed by atoms with Gasteiger partial charge in [-0.25, -0.2) is 4.79 Å². The molecule has 1 saturated heterocycles. The lowest BCUT2D eigenvalue weighted by atomic mass is 10.0. The Hall–Kier alpha value is -5.30. The number of phenols is 1. The summed E-state index contributed by atoms with van der Waals surface area (Å²) < 4.78 is 0. The number of carboxylic acids is 2. The van der Waals surface area contributed by atoms with E-state index in [-0.39, 0.29) is 37.5 Å². The summed E-state index contributed by atoms with van der Waals surface area (Å²) in [5.74, 6) is -8.17. The fourth-order valence-corrected chi connectivity index (χ4v) is 5.47. The first-order valence-corrected chi connectivity index (χ1v) is 16.8. The Morgan fingerprint density at radius 3 is 1.92 bits per heavy atom. The summed E-state index contributed by atoms with van der Waals surface area (Å²) >= 11 is 0. The summed E-state index contributed by atoms with van der Waals surface area (Å²) in [7, 11) is 0. The number of carbonyl (C=O) groups is 8. The third-order valence-corrected chi connectivity index (χ3v) is 8.18. The Morgan fingerprint density at radius 1 is 0.808 bits per heavy atom. The number of aromatic hydroxyl groups is 1. The van der Waals surface area contributed by atoms with Gasteiger partial charge in [-0.05, 0) is 56.7 Å². The molecule has 288 valence electrons. The molecule has 1 heterocycles. The molecule has 0 aromatic heterocycles. The van der Waals surface area contributed by atoms with Gasteiger partial charge in [0.15, 0.2) is 0 Å². The van der Waals surface area contributed by atoms with Crippen LogP contribution in [-0.2, 0) is 44.8 Å². The molecule has 0 spiro atoms. The number of hydrogen-bond donors (Lipinski definition) is 10. The number of amides is 6. The number of nitrogens with one attached hydrogen (secondary N) is 5. The summed E-state index contributed by atoms with van der Waals surface area (Å²) in [5, 5.41) is 51.0. The second kappa shape index (κ2) is 19.9. The van der Waals surface area contributed by atoms with Crippen LogP contribution in [0.1, 0.15) is 58.9 Å². The molecule has 52 heavy (non-hydrogen) atoms. The number of aliphatic hydroxyl groups excluding tert-OH is 1. The average molecular weight is 736 g/mol. The minimum atomic E-state index is -1.68. The first-order valence-electron chi connectivity index (χ1n) is 16.8. The van der Waals surface area contributed by atoms with Crippen molar-refractivity contribution in [2.45, 2.75) is 102 Å². The lowest BCUT2D eigenvalue weighted by molar-refractivity contribution is -0.150. The number of phenolic OH excluding ortho intramolecular Hbond substituents is 1. The Morgan fingerprint density at radius 2 is 1.38 bits per heavy atom. The molecule has 19 heteroatoms. The van der Waals surface area contributed by atoms with Crippen LogP contribution < -0.4 is 32.3 Å². The predicted molar refractivity (Wildman–Crippen MR) is 182 cm³/mol. The summed E-state index contributed by atoms with van der Waals surface area (Å²) in [4.78, 5) is 103. The molecule has 0 radical (unpaired) electrons. The molecular formula is C33H49N7O12. The van der Waals surface area contributed by atoms with Crippen molar-refractivity contribution in [1.82, 2.24) is 31.5 Å². The van der Waals surface area contributed by atoms with E-state index in [9.17, 15) is 58.8 Å². The van der Waals surface area contributed by atoms with Crippen LogP contribution in [-0.4, -0.2) is 128 Å². The van der Waals surface area contributed by atoms with E-state index in [1.165, 1.54) is 38.1 Å². The van der Waals surface area contributed by atoms with Crippen molar-refractivity contribution in [2.24, 2.45) is 11.7 Å². The number of benzene rings is 1. The second-order valence-corrected chi connectivity index (χ2v) is 13.0. The third-order valence-electron chi connectivity index (χ3n) is 8.18. The molecule has 0 bridgehead atoms. The molecule has 1 aromatic carbocycles. The normalized spacial score (nSPS) is 17.4. The summed E-state index contributed by atoms with van der Waals surface area (Å²) in [5.41, 5.74) is 5.78. The van der Waals surface area contributed by atoms with Gasteiger partial charge in [-0.15, -0.1) is 0 Å². The van der Waals surface area contributed by atoms with E-state index in [0.717, 1.165) is 4.90 Å². The lowest BCUT2D eigenvalue weighted by Gasteiger charge is -2.30. The monoisotopic (exact) mass is 735 g/mol. The molecule has 0 unspecified atom stereocenters. The molecule has 11 N–H and O–H groups in total. The van der Waals surface area contributed by atoms with Crippen LogP contribution in [0.15, 0.2) is 24.3 Å². The Labute approximate surface area is 300 Å². The van der Waals surface area contributed by atoms with Crippen LogP contribution in [0.5, 0.6) is 5.75 Å². The van der Waals surface area contributed by atoms with Crippen LogP contribution in [0.2, 0.25) is 0 Å². The van der Waals surface area contributed by atoms with Gasteiger partial charge in [-0.2, -0.15) is 0 Å². The van der Waals surface area contributed by atoms with Crippen molar-refractivity contribution in [3.8, 4) is 5.75 Å². The maximum Gasteiger partial charge on any atom is 0.326 e. The fraction of sp³-hybridized carbons (Fsp3) is 0.576. The third kappa shape index (κ3) is 13.1. The van der Waals surface area contributed by atoms with Crippen molar-refractivity contribution in [1.29, 1.82) is 0 Å². The van der Waals surface area contributed by atoms with Gasteiger partial charge in [-0.3, -0.25) is 33.6 Å². The fourth-order valence-electron chi connectivity index (χ4n) is 5.47. The lowest BCUT2D eigenvalue weighted by Crippen LogP contribution is -2.61. The highest BCUT2D eigenvalue weighted by Gasteiger charge is 2.40. The zero-order valence-electron chi connectivity index (χ0n) is 29.5. The standard InChI is InChI=1S/C33H49N7O12/c1-16(2)12-21(36-25(43)15-34)30(48)38-23(14-26(44)45)29(47)35-17(3)28(46)37-22(13-19-7-9-20(42)10-8-19)31(49)39-27(18(4)41)32(50)40-11-5-6-24(40)33(51)52/h7-10,16-18,21-24,27,41-42H,5-6,11-15,34H2,1-4H3,(H,35,47)(H,36,43)(H,37,46)(H,38,48)(H,39,49)(H,44,45)(H,51,52)/t17-,18+,21-,22-,23-,24-,27-/m1/s1. The zero-order valence-corrected chi connectivity index (χ0v) is 29.5. The number of carbonyl (C=O) groups excluding carboxylic acids is 6. The van der Waals surface area contributed by atoms with Crippen LogP contribution in [0, 0.1) is 5.92 Å². The maximum atomic E-state index is 13.6. The second-order valence-electron chi connectivity index (χ2n) is 13.0. The largest absolute Gasteiger partial charge is 0.508 e. The molecule has 19 nitrogen and oxygen atoms in total. The molecule has 1 aromatic rings. The van der Waals surface area contributed by atoms with Crippen molar-refractivity contribution >= 4 is 47.4 Å². The van der Waals surface area contributed by atoms with E-state index in [1.807, 2.05) is 0 Å². The summed E-state index contributed by atoms with van der Waals surface area (Å²) in [6.07, 6.45) is -1.84. The molecule has 0 saturated carbocycles. The minimum Gasteiger partial charge on any atom is -0.508 e. The molecule has 6 amide bonds. The highest BCUT2D eigenvalue weighted by Crippen LogP contribution is 2.20. The van der Waals surface area contributed by atoms with Crippen LogP contribution in [0.4, 0.5) is 0 Å². The van der Waals surface area contributed by atoms with E-state index in [2.05, 4.69) is 26.6 Å². The first-order chi connectivity index (χ1) is 24.3. The van der Waals surface area contributed by atoms with Crippen molar-refractivity contribution < 1.29 is 58.8 Å². The van der Waals surface area contributed by atoms with Gasteiger partial charge in [0, 0.05) is 13.0 Å². The summed E-state index contributed by atoms with van der Waals surface area (Å²) in [6.45, 7) is 5.67. The molecule has 1 fully saturated rings.